The van der Waals surface area contributed by atoms with Gasteiger partial charge in [-0.25, -0.2) is 4.39 Å². The van der Waals surface area contributed by atoms with Crippen LogP contribution in [0.2, 0.25) is 0 Å². The van der Waals surface area contributed by atoms with E-state index < -0.39 is 0 Å². The average Bonchev–Trinajstić information content (AvgIpc) is 2.36. The van der Waals surface area contributed by atoms with Gasteiger partial charge in [-0.05, 0) is 51.6 Å². The Hall–Kier alpha value is -1.22. The molecule has 0 saturated heterocycles. The first-order valence-corrected chi connectivity index (χ1v) is 5.99. The van der Waals surface area contributed by atoms with Crippen molar-refractivity contribution in [1.82, 2.24) is 4.90 Å². The van der Waals surface area contributed by atoms with Crippen LogP contribution in [0.1, 0.15) is 37.6 Å². The Balaban J connectivity index is 2.79. The summed E-state index contributed by atoms with van der Waals surface area (Å²) < 4.78 is 12.8. The van der Waals surface area contributed by atoms with Crippen molar-refractivity contribution in [2.24, 2.45) is 0 Å². The Morgan fingerprint density at radius 1 is 1.29 bits per heavy atom. The van der Waals surface area contributed by atoms with Crippen molar-refractivity contribution in [2.75, 3.05) is 7.05 Å². The van der Waals surface area contributed by atoms with E-state index in [1.807, 2.05) is 18.9 Å². The predicted octanol–water partition coefficient (Wildman–Crippen LogP) is 3.13. The smallest absolute Gasteiger partial charge is 0.179 e. The first kappa shape index (κ1) is 13.8. The summed E-state index contributed by atoms with van der Waals surface area (Å²) in [6.07, 6.45) is 0.998. The molecule has 0 aromatic heterocycles. The van der Waals surface area contributed by atoms with Crippen LogP contribution in [0.3, 0.4) is 0 Å². The second-order valence-electron chi connectivity index (χ2n) is 4.47. The summed E-state index contributed by atoms with van der Waals surface area (Å²) in [5, 5.41) is 0. The summed E-state index contributed by atoms with van der Waals surface area (Å²) in [7, 11) is 1.94. The molecule has 1 aromatic rings. The standard InChI is InChI=1S/C14H20FNO/c1-5-10(2)16(4)11(3)14(17)12-6-8-13(15)9-7-12/h6-11H,5H2,1-4H3. The fraction of sp³-hybridized carbons (Fsp3) is 0.500. The van der Waals surface area contributed by atoms with E-state index in [0.717, 1.165) is 6.42 Å². The zero-order valence-corrected chi connectivity index (χ0v) is 10.9. The molecular weight excluding hydrogens is 217 g/mol. The zero-order valence-electron chi connectivity index (χ0n) is 10.9. The van der Waals surface area contributed by atoms with Gasteiger partial charge < -0.3 is 0 Å². The molecule has 17 heavy (non-hydrogen) atoms. The maximum Gasteiger partial charge on any atom is 0.179 e. The van der Waals surface area contributed by atoms with E-state index >= 15 is 0 Å². The topological polar surface area (TPSA) is 20.3 Å². The molecule has 0 amide bonds. The Morgan fingerprint density at radius 3 is 2.29 bits per heavy atom. The van der Waals surface area contributed by atoms with Crippen molar-refractivity contribution >= 4 is 5.78 Å². The summed E-state index contributed by atoms with van der Waals surface area (Å²) in [6.45, 7) is 6.07. The van der Waals surface area contributed by atoms with Crippen LogP contribution in [0.4, 0.5) is 4.39 Å². The van der Waals surface area contributed by atoms with Gasteiger partial charge in [0.2, 0.25) is 0 Å². The van der Waals surface area contributed by atoms with Gasteiger partial charge in [0.15, 0.2) is 5.78 Å². The van der Waals surface area contributed by atoms with Crippen LogP contribution in [0.15, 0.2) is 24.3 Å². The minimum Gasteiger partial charge on any atom is -0.294 e. The highest BCUT2D eigenvalue weighted by molar-refractivity contribution is 5.99. The molecule has 0 aliphatic heterocycles. The number of rotatable bonds is 5. The van der Waals surface area contributed by atoms with Crippen LogP contribution in [0.25, 0.3) is 0 Å². The molecule has 94 valence electrons. The number of carbonyl (C=O) groups excluding carboxylic acids is 1. The highest BCUT2D eigenvalue weighted by Gasteiger charge is 2.22. The fourth-order valence-electron chi connectivity index (χ4n) is 1.71. The van der Waals surface area contributed by atoms with Gasteiger partial charge >= 0.3 is 0 Å². The number of ketones is 1. The molecule has 0 bridgehead atoms. The molecule has 3 heteroatoms. The molecule has 0 N–H and O–H groups in total. The Morgan fingerprint density at radius 2 is 1.82 bits per heavy atom. The Kier molecular flexibility index (Phi) is 4.82. The predicted molar refractivity (Wildman–Crippen MR) is 67.7 cm³/mol. The van der Waals surface area contributed by atoms with Gasteiger partial charge in [0, 0.05) is 11.6 Å². The van der Waals surface area contributed by atoms with Crippen molar-refractivity contribution in [3.05, 3.63) is 35.6 Å². The normalized spacial score (nSPS) is 14.7. The number of benzene rings is 1. The van der Waals surface area contributed by atoms with Crippen molar-refractivity contribution in [3.63, 3.8) is 0 Å². The third-order valence-corrected chi connectivity index (χ3v) is 3.41. The third kappa shape index (κ3) is 3.37. The maximum absolute atomic E-state index is 12.8. The van der Waals surface area contributed by atoms with Gasteiger partial charge in [0.25, 0.3) is 0 Å². The lowest BCUT2D eigenvalue weighted by Crippen LogP contribution is -2.41. The van der Waals surface area contributed by atoms with Crippen molar-refractivity contribution in [1.29, 1.82) is 0 Å². The highest BCUT2D eigenvalue weighted by Crippen LogP contribution is 2.12. The van der Waals surface area contributed by atoms with Crippen LogP contribution >= 0.6 is 0 Å². The average molecular weight is 237 g/mol. The van der Waals surface area contributed by atoms with E-state index in [2.05, 4.69) is 13.8 Å². The number of nitrogens with zero attached hydrogens (tertiary/aromatic N) is 1. The van der Waals surface area contributed by atoms with Gasteiger partial charge in [-0.3, -0.25) is 9.69 Å². The summed E-state index contributed by atoms with van der Waals surface area (Å²) in [4.78, 5) is 14.2. The van der Waals surface area contributed by atoms with Crippen molar-refractivity contribution < 1.29 is 9.18 Å². The number of halogens is 1. The van der Waals surface area contributed by atoms with Gasteiger partial charge in [-0.2, -0.15) is 0 Å². The molecule has 0 aliphatic rings. The first-order chi connectivity index (χ1) is 7.97. The van der Waals surface area contributed by atoms with E-state index in [4.69, 9.17) is 0 Å². The molecular formula is C14H20FNO. The molecule has 2 nitrogen and oxygen atoms in total. The van der Waals surface area contributed by atoms with Crippen LogP contribution in [0.5, 0.6) is 0 Å². The molecule has 0 aliphatic carbocycles. The minimum atomic E-state index is -0.315. The van der Waals surface area contributed by atoms with Crippen LogP contribution in [-0.4, -0.2) is 29.8 Å². The first-order valence-electron chi connectivity index (χ1n) is 5.99. The summed E-state index contributed by atoms with van der Waals surface area (Å²) >= 11 is 0. The van der Waals surface area contributed by atoms with E-state index in [-0.39, 0.29) is 17.6 Å². The molecule has 0 heterocycles. The second-order valence-corrected chi connectivity index (χ2v) is 4.47. The summed E-state index contributed by atoms with van der Waals surface area (Å²) in [5.74, 6) is -0.280. The molecule has 0 spiro atoms. The monoisotopic (exact) mass is 237 g/mol. The van der Waals surface area contributed by atoms with E-state index in [1.54, 1.807) is 12.1 Å². The number of likely N-dealkylation sites (N-methyl/N-ethyl adjacent to an activating group) is 1. The largest absolute Gasteiger partial charge is 0.294 e. The van der Waals surface area contributed by atoms with Gasteiger partial charge in [-0.1, -0.05) is 6.92 Å². The van der Waals surface area contributed by atoms with Gasteiger partial charge in [-0.15, -0.1) is 0 Å². The number of carbonyl (C=O) groups is 1. The molecule has 2 unspecified atom stereocenters. The zero-order chi connectivity index (χ0) is 13.0. The van der Waals surface area contributed by atoms with Crippen molar-refractivity contribution in [3.8, 4) is 0 Å². The lowest BCUT2D eigenvalue weighted by atomic mass is 10.0. The summed E-state index contributed by atoms with van der Waals surface area (Å²) in [6, 6.07) is 5.90. The maximum atomic E-state index is 12.8. The highest BCUT2D eigenvalue weighted by atomic mass is 19.1. The lowest BCUT2D eigenvalue weighted by molar-refractivity contribution is 0.0824. The number of hydrogen-bond acceptors (Lipinski definition) is 2. The van der Waals surface area contributed by atoms with Crippen molar-refractivity contribution in [2.45, 2.75) is 39.3 Å². The fourth-order valence-corrected chi connectivity index (χ4v) is 1.71. The third-order valence-electron chi connectivity index (χ3n) is 3.41. The SMILES string of the molecule is CCC(C)N(C)C(C)C(=O)c1ccc(F)cc1. The van der Waals surface area contributed by atoms with E-state index in [1.165, 1.54) is 12.1 Å². The van der Waals surface area contributed by atoms with E-state index in [0.29, 0.717) is 11.6 Å². The van der Waals surface area contributed by atoms with Gasteiger partial charge in [0.05, 0.1) is 6.04 Å². The van der Waals surface area contributed by atoms with Crippen LogP contribution in [0, 0.1) is 5.82 Å². The lowest BCUT2D eigenvalue weighted by Gasteiger charge is -2.29. The number of Topliss-reactive ketones (excluding diaryl/α,β-unsaturated/α-hetero) is 1. The van der Waals surface area contributed by atoms with Crippen LogP contribution in [-0.2, 0) is 0 Å². The molecule has 0 radical (unpaired) electrons. The summed E-state index contributed by atoms with van der Waals surface area (Å²) in [5.41, 5.74) is 0.564. The molecule has 2 atom stereocenters. The molecule has 0 fully saturated rings. The Bertz CT molecular complexity index is 374. The van der Waals surface area contributed by atoms with Gasteiger partial charge in [0.1, 0.15) is 5.82 Å². The van der Waals surface area contributed by atoms with Crippen LogP contribution < -0.4 is 0 Å². The second kappa shape index (κ2) is 5.92. The molecule has 1 aromatic carbocycles. The molecule has 1 rings (SSSR count). The minimum absolute atomic E-state index is 0.0350. The molecule has 0 saturated carbocycles. The number of hydrogen-bond donors (Lipinski definition) is 0. The quantitative estimate of drug-likeness (QED) is 0.733. The Labute approximate surface area is 102 Å². The van der Waals surface area contributed by atoms with E-state index in [9.17, 15) is 9.18 Å².